The quantitative estimate of drug-likeness (QED) is 0.561. The Labute approximate surface area is 236 Å². The summed E-state index contributed by atoms with van der Waals surface area (Å²) in [5.41, 5.74) is 0.384. The van der Waals surface area contributed by atoms with Crippen LogP contribution >= 0.6 is 0 Å². The van der Waals surface area contributed by atoms with Crippen LogP contribution in [0.1, 0.15) is 57.4 Å². The highest BCUT2D eigenvalue weighted by atomic mass is 16.5. The highest BCUT2D eigenvalue weighted by Gasteiger charge is 2.42. The lowest BCUT2D eigenvalue weighted by Crippen LogP contribution is -2.59. The summed E-state index contributed by atoms with van der Waals surface area (Å²) in [4.78, 5) is 56.6. The maximum Gasteiger partial charge on any atom is 0.245 e. The van der Waals surface area contributed by atoms with E-state index in [-0.39, 0.29) is 41.6 Å². The first kappa shape index (κ1) is 28.3. The number of fused-ring (bicyclic) bond motifs is 1. The average Bonchev–Trinajstić information content (AvgIpc) is 3.46. The second kappa shape index (κ2) is 12.5. The maximum atomic E-state index is 13.8. The molecule has 0 unspecified atom stereocenters. The number of allylic oxidation sites excluding steroid dienone is 2. The Morgan fingerprint density at radius 2 is 1.80 bits per heavy atom. The summed E-state index contributed by atoms with van der Waals surface area (Å²) >= 11 is 0. The predicted molar refractivity (Wildman–Crippen MR) is 150 cm³/mol. The van der Waals surface area contributed by atoms with Crippen LogP contribution in [0.2, 0.25) is 0 Å². The van der Waals surface area contributed by atoms with Crippen molar-refractivity contribution in [2.75, 3.05) is 32.8 Å². The van der Waals surface area contributed by atoms with E-state index in [9.17, 15) is 19.2 Å². The Bertz CT molecular complexity index is 1120. The Hall–Kier alpha value is -3.20. The number of likely N-dealkylation sites (tertiary alicyclic amines) is 2. The molecule has 216 valence electrons. The summed E-state index contributed by atoms with van der Waals surface area (Å²) in [7, 11) is 0. The minimum absolute atomic E-state index is 0.0166. The summed E-state index contributed by atoms with van der Waals surface area (Å²) in [6, 6.07) is 8.58. The number of benzene rings is 1. The van der Waals surface area contributed by atoms with Gasteiger partial charge < -0.3 is 25.2 Å². The molecule has 3 fully saturated rings. The second-order valence-corrected chi connectivity index (χ2v) is 11.8. The van der Waals surface area contributed by atoms with Gasteiger partial charge in [-0.3, -0.25) is 19.2 Å². The normalized spacial score (nSPS) is 29.9. The minimum atomic E-state index is -0.694. The smallest absolute Gasteiger partial charge is 0.245 e. The van der Waals surface area contributed by atoms with Crippen LogP contribution in [0.4, 0.5) is 0 Å². The molecule has 2 N–H and O–H groups in total. The molecule has 9 heteroatoms. The van der Waals surface area contributed by atoms with Crippen LogP contribution in [0.3, 0.4) is 0 Å². The van der Waals surface area contributed by atoms with Crippen molar-refractivity contribution >= 4 is 23.6 Å². The molecular weight excluding hydrogens is 508 g/mol. The first-order valence-corrected chi connectivity index (χ1v) is 14.8. The lowest BCUT2D eigenvalue weighted by molar-refractivity contribution is -0.144. The van der Waals surface area contributed by atoms with Gasteiger partial charge in [0.05, 0.1) is 5.41 Å². The van der Waals surface area contributed by atoms with E-state index in [4.69, 9.17) is 4.74 Å². The number of hydrogen-bond donors (Lipinski definition) is 2. The molecule has 0 bridgehead atoms. The zero-order valence-electron chi connectivity index (χ0n) is 23.5. The van der Waals surface area contributed by atoms with Crippen LogP contribution in [0.15, 0.2) is 42.5 Å². The number of hydrogen-bond acceptors (Lipinski definition) is 5. The van der Waals surface area contributed by atoms with Crippen molar-refractivity contribution in [3.63, 3.8) is 0 Å². The van der Waals surface area contributed by atoms with Crippen molar-refractivity contribution in [3.8, 4) is 0 Å². The number of piperidine rings is 1. The Morgan fingerprint density at radius 3 is 2.55 bits per heavy atom. The molecule has 3 saturated heterocycles. The number of nitrogens with zero attached hydrogens (tertiary/aromatic N) is 2. The number of nitrogens with one attached hydrogen (secondary N) is 2. The molecular formula is C31H42N4O5. The van der Waals surface area contributed by atoms with E-state index >= 15 is 0 Å². The van der Waals surface area contributed by atoms with Crippen molar-refractivity contribution in [2.45, 2.75) is 76.4 Å². The van der Waals surface area contributed by atoms with Gasteiger partial charge in [-0.15, -0.1) is 0 Å². The molecule has 1 aromatic carbocycles. The van der Waals surface area contributed by atoms with Gasteiger partial charge in [0, 0.05) is 58.2 Å². The van der Waals surface area contributed by atoms with E-state index in [2.05, 4.69) is 22.8 Å². The third kappa shape index (κ3) is 6.24. The number of amides is 4. The topological polar surface area (TPSA) is 108 Å². The predicted octanol–water partition coefficient (Wildman–Crippen LogP) is 2.20. The standard InChI is InChI=1S/C31H42N4O5/c1-22(36)35-16-7-11-27(35)29(38)34-17-12-25-24(21-34)10-5-6-13-31(14-18-40-19-15-31)30(39)33-26(28(37)32-25)20-23-8-3-2-4-9-23/h2-6,8-9,24-27H,7,10-21H2,1H3,(H,32,37)(H,33,39)/b6-5+/t24-,25+,26-,27+/m0/s1. The van der Waals surface area contributed by atoms with Crippen molar-refractivity contribution in [1.82, 2.24) is 20.4 Å². The van der Waals surface area contributed by atoms with E-state index < -0.39 is 11.5 Å². The highest BCUT2D eigenvalue weighted by Crippen LogP contribution is 2.36. The molecule has 40 heavy (non-hydrogen) atoms. The molecule has 4 atom stereocenters. The summed E-state index contributed by atoms with van der Waals surface area (Å²) < 4.78 is 5.59. The SMILES string of the molecule is CC(=O)N1CCC[C@@H]1C(=O)N1CC[C@H]2NC(=O)[C@H](Cc3ccccc3)NC(=O)C3(C/C=C/C[C@H]2C1)CCOCC3. The van der Waals surface area contributed by atoms with E-state index in [1.165, 1.54) is 6.92 Å². The first-order chi connectivity index (χ1) is 19.4. The van der Waals surface area contributed by atoms with E-state index in [1.807, 2.05) is 35.2 Å². The maximum absolute atomic E-state index is 13.8. The van der Waals surface area contributed by atoms with Crippen LogP contribution < -0.4 is 10.6 Å². The first-order valence-electron chi connectivity index (χ1n) is 14.8. The molecule has 4 aliphatic heterocycles. The third-order valence-electron chi connectivity index (χ3n) is 9.27. The third-order valence-corrected chi connectivity index (χ3v) is 9.27. The Kier molecular flexibility index (Phi) is 8.88. The van der Waals surface area contributed by atoms with Crippen LogP contribution in [0, 0.1) is 11.3 Å². The Balaban J connectivity index is 1.37. The summed E-state index contributed by atoms with van der Waals surface area (Å²) in [6.07, 6.45) is 9.33. The molecule has 0 aromatic heterocycles. The second-order valence-electron chi connectivity index (χ2n) is 11.8. The highest BCUT2D eigenvalue weighted by molar-refractivity contribution is 5.91. The van der Waals surface area contributed by atoms with Gasteiger partial charge in [0.15, 0.2) is 0 Å². The average molecular weight is 551 g/mol. The van der Waals surface area contributed by atoms with Gasteiger partial charge in [0.25, 0.3) is 0 Å². The largest absolute Gasteiger partial charge is 0.381 e. The molecule has 9 nitrogen and oxygen atoms in total. The van der Waals surface area contributed by atoms with Gasteiger partial charge in [0.2, 0.25) is 23.6 Å². The van der Waals surface area contributed by atoms with Crippen molar-refractivity contribution in [1.29, 1.82) is 0 Å². The molecule has 4 aliphatic rings. The number of rotatable bonds is 3. The van der Waals surface area contributed by atoms with Gasteiger partial charge in [-0.1, -0.05) is 42.5 Å². The van der Waals surface area contributed by atoms with Crippen LogP contribution in [0.5, 0.6) is 0 Å². The fourth-order valence-corrected chi connectivity index (χ4v) is 6.79. The molecule has 0 saturated carbocycles. The van der Waals surface area contributed by atoms with Gasteiger partial charge in [-0.05, 0) is 50.5 Å². The lowest BCUT2D eigenvalue weighted by Gasteiger charge is -2.41. The van der Waals surface area contributed by atoms with E-state index in [0.717, 1.165) is 12.0 Å². The zero-order valence-corrected chi connectivity index (χ0v) is 23.5. The molecule has 1 spiro atoms. The number of ether oxygens (including phenoxy) is 1. The van der Waals surface area contributed by atoms with Crippen LogP contribution in [0.25, 0.3) is 0 Å². The zero-order chi connectivity index (χ0) is 28.1. The van der Waals surface area contributed by atoms with E-state index in [1.54, 1.807) is 4.90 Å². The number of carbonyl (C=O) groups is 4. The van der Waals surface area contributed by atoms with Gasteiger partial charge in [-0.2, -0.15) is 0 Å². The van der Waals surface area contributed by atoms with Gasteiger partial charge in [0.1, 0.15) is 12.1 Å². The van der Waals surface area contributed by atoms with Crippen molar-refractivity contribution in [2.24, 2.45) is 11.3 Å². The summed E-state index contributed by atoms with van der Waals surface area (Å²) in [6.45, 7) is 4.27. The van der Waals surface area contributed by atoms with Crippen molar-refractivity contribution < 1.29 is 23.9 Å². The summed E-state index contributed by atoms with van der Waals surface area (Å²) in [5, 5.41) is 6.39. The van der Waals surface area contributed by atoms with Gasteiger partial charge in [-0.25, -0.2) is 0 Å². The monoisotopic (exact) mass is 550 g/mol. The molecule has 4 amide bonds. The van der Waals surface area contributed by atoms with Crippen LogP contribution in [-0.2, 0) is 30.3 Å². The van der Waals surface area contributed by atoms with E-state index in [0.29, 0.717) is 77.8 Å². The summed E-state index contributed by atoms with van der Waals surface area (Å²) in [5.74, 6) is -0.260. The fraction of sp³-hybridized carbons (Fsp3) is 0.613. The lowest BCUT2D eigenvalue weighted by atomic mass is 9.75. The Morgan fingerprint density at radius 1 is 1.02 bits per heavy atom. The van der Waals surface area contributed by atoms with Crippen molar-refractivity contribution in [3.05, 3.63) is 48.0 Å². The molecule has 0 aliphatic carbocycles. The molecule has 1 aromatic rings. The molecule has 0 radical (unpaired) electrons. The molecule has 5 rings (SSSR count). The van der Waals surface area contributed by atoms with Gasteiger partial charge >= 0.3 is 0 Å². The minimum Gasteiger partial charge on any atom is -0.381 e. The fourth-order valence-electron chi connectivity index (χ4n) is 6.79. The molecule has 4 heterocycles. The number of carbonyl (C=O) groups excluding carboxylic acids is 4. The van der Waals surface area contributed by atoms with Crippen LogP contribution in [-0.4, -0.2) is 84.4 Å².